The summed E-state index contributed by atoms with van der Waals surface area (Å²) >= 11 is 0. The van der Waals surface area contributed by atoms with Gasteiger partial charge in [-0.1, -0.05) is 43.4 Å². The number of rotatable bonds is 5. The zero-order valence-corrected chi connectivity index (χ0v) is 8.14. The maximum Gasteiger partial charge on any atom is 0.00620 e. The van der Waals surface area contributed by atoms with Crippen LogP contribution in [-0.2, 0) is 0 Å². The summed E-state index contributed by atoms with van der Waals surface area (Å²) in [5.41, 5.74) is 1.22. The molecule has 0 radical (unpaired) electrons. The lowest BCUT2D eigenvalue weighted by atomic mass is 9.86. The maximum absolute atomic E-state index is 3.78. The van der Waals surface area contributed by atoms with Crippen molar-refractivity contribution in [1.29, 1.82) is 0 Å². The van der Waals surface area contributed by atoms with Crippen LogP contribution in [0.2, 0.25) is 0 Å². The van der Waals surface area contributed by atoms with E-state index >= 15 is 0 Å². The highest BCUT2D eigenvalue weighted by Gasteiger charge is 2.12. The van der Waals surface area contributed by atoms with Crippen LogP contribution in [0.1, 0.15) is 20.3 Å². The van der Waals surface area contributed by atoms with Gasteiger partial charge >= 0.3 is 0 Å². The van der Waals surface area contributed by atoms with E-state index in [0.717, 1.165) is 6.42 Å². The molecule has 0 aliphatic carbocycles. The van der Waals surface area contributed by atoms with Gasteiger partial charge in [-0.15, -0.1) is 13.2 Å². The average molecular weight is 162 g/mol. The normalized spacial score (nSPS) is 12.3. The molecular formula is C12H18. The smallest absolute Gasteiger partial charge is 0.00620 e. The Morgan fingerprint density at radius 2 is 1.75 bits per heavy atom. The van der Waals surface area contributed by atoms with Gasteiger partial charge in [-0.2, -0.15) is 0 Å². The van der Waals surface area contributed by atoms with E-state index in [4.69, 9.17) is 0 Å². The first-order chi connectivity index (χ1) is 5.58. The predicted molar refractivity (Wildman–Crippen MR) is 57.1 cm³/mol. The van der Waals surface area contributed by atoms with E-state index in [1.807, 2.05) is 25.2 Å². The van der Waals surface area contributed by atoms with Crippen molar-refractivity contribution in [3.8, 4) is 0 Å². The fourth-order valence-corrected chi connectivity index (χ4v) is 0.714. The standard InChI is InChI=1S/C12H18/c1-6-11(4)9-10-12(5,7-2)8-3/h6-9H,1-3,10H2,4-5H3/b11-9-. The van der Waals surface area contributed by atoms with Crippen LogP contribution in [0.25, 0.3) is 0 Å². The Balaban J connectivity index is 4.32. The molecular weight excluding hydrogens is 144 g/mol. The van der Waals surface area contributed by atoms with Gasteiger partial charge in [-0.25, -0.2) is 0 Å². The van der Waals surface area contributed by atoms with Crippen molar-refractivity contribution >= 4 is 0 Å². The van der Waals surface area contributed by atoms with E-state index in [1.165, 1.54) is 5.57 Å². The monoisotopic (exact) mass is 162 g/mol. The van der Waals surface area contributed by atoms with Crippen LogP contribution in [0, 0.1) is 5.41 Å². The van der Waals surface area contributed by atoms with Crippen molar-refractivity contribution in [2.45, 2.75) is 20.3 Å². The molecule has 66 valence electrons. The second-order valence-electron chi connectivity index (χ2n) is 3.27. The predicted octanol–water partition coefficient (Wildman–Crippen LogP) is 3.89. The van der Waals surface area contributed by atoms with Crippen molar-refractivity contribution < 1.29 is 0 Å². The zero-order chi connectivity index (χ0) is 9.61. The summed E-state index contributed by atoms with van der Waals surface area (Å²) in [4.78, 5) is 0. The van der Waals surface area contributed by atoms with E-state index in [-0.39, 0.29) is 5.41 Å². The van der Waals surface area contributed by atoms with Gasteiger partial charge in [0, 0.05) is 5.41 Å². The highest BCUT2D eigenvalue weighted by molar-refractivity contribution is 5.16. The lowest BCUT2D eigenvalue weighted by Gasteiger charge is -2.18. The topological polar surface area (TPSA) is 0 Å². The summed E-state index contributed by atoms with van der Waals surface area (Å²) in [7, 11) is 0. The van der Waals surface area contributed by atoms with Crippen LogP contribution < -0.4 is 0 Å². The maximum atomic E-state index is 3.78. The minimum Gasteiger partial charge on any atom is -0.102 e. The fraction of sp³-hybridized carbons (Fsp3) is 0.333. The highest BCUT2D eigenvalue weighted by Crippen LogP contribution is 2.24. The first-order valence-electron chi connectivity index (χ1n) is 4.14. The fourth-order valence-electron chi connectivity index (χ4n) is 0.714. The third kappa shape index (κ3) is 3.38. The lowest BCUT2D eigenvalue weighted by Crippen LogP contribution is -2.06. The summed E-state index contributed by atoms with van der Waals surface area (Å²) < 4.78 is 0. The van der Waals surface area contributed by atoms with Gasteiger partial charge in [0.25, 0.3) is 0 Å². The van der Waals surface area contributed by atoms with Crippen molar-refractivity contribution in [3.05, 3.63) is 49.6 Å². The lowest BCUT2D eigenvalue weighted by molar-refractivity contribution is 0.564. The molecule has 0 atom stereocenters. The molecule has 0 saturated heterocycles. The van der Waals surface area contributed by atoms with Crippen LogP contribution >= 0.6 is 0 Å². The SMILES string of the molecule is C=C/C(C)=C\CC(C)(C=C)C=C. The van der Waals surface area contributed by atoms with Crippen molar-refractivity contribution in [3.63, 3.8) is 0 Å². The second kappa shape index (κ2) is 4.76. The van der Waals surface area contributed by atoms with Crippen molar-refractivity contribution in [1.82, 2.24) is 0 Å². The van der Waals surface area contributed by atoms with Gasteiger partial charge in [-0.05, 0) is 13.3 Å². The largest absolute Gasteiger partial charge is 0.102 e. The summed E-state index contributed by atoms with van der Waals surface area (Å²) in [6.07, 6.45) is 8.79. The van der Waals surface area contributed by atoms with E-state index < -0.39 is 0 Å². The van der Waals surface area contributed by atoms with Gasteiger partial charge in [0.2, 0.25) is 0 Å². The third-order valence-electron chi connectivity index (χ3n) is 2.12. The molecule has 0 heterocycles. The number of hydrogen-bond acceptors (Lipinski definition) is 0. The molecule has 0 unspecified atom stereocenters. The quantitative estimate of drug-likeness (QED) is 0.425. The third-order valence-corrected chi connectivity index (χ3v) is 2.12. The zero-order valence-electron chi connectivity index (χ0n) is 8.14. The minimum atomic E-state index is 0.0181. The van der Waals surface area contributed by atoms with Crippen LogP contribution in [0.15, 0.2) is 49.6 Å². The summed E-state index contributed by atoms with van der Waals surface area (Å²) in [6, 6.07) is 0. The molecule has 12 heavy (non-hydrogen) atoms. The Hall–Kier alpha value is -1.04. The Labute approximate surface area is 76.0 Å². The van der Waals surface area contributed by atoms with Gasteiger partial charge in [0.1, 0.15) is 0 Å². The van der Waals surface area contributed by atoms with E-state index in [0.29, 0.717) is 0 Å². The van der Waals surface area contributed by atoms with Gasteiger partial charge in [0.15, 0.2) is 0 Å². The number of hydrogen-bond donors (Lipinski definition) is 0. The second-order valence-corrected chi connectivity index (χ2v) is 3.27. The van der Waals surface area contributed by atoms with E-state index in [9.17, 15) is 0 Å². The molecule has 0 fully saturated rings. The first kappa shape index (κ1) is 11.0. The molecule has 0 N–H and O–H groups in total. The van der Waals surface area contributed by atoms with Crippen LogP contribution in [0.3, 0.4) is 0 Å². The molecule has 0 saturated carbocycles. The Bertz CT molecular complexity index is 198. The van der Waals surface area contributed by atoms with Gasteiger partial charge in [-0.3, -0.25) is 0 Å². The van der Waals surface area contributed by atoms with Crippen molar-refractivity contribution in [2.24, 2.45) is 5.41 Å². The molecule has 0 aromatic rings. The van der Waals surface area contributed by atoms with Crippen molar-refractivity contribution in [2.75, 3.05) is 0 Å². The molecule has 0 nitrogen and oxygen atoms in total. The van der Waals surface area contributed by atoms with E-state index in [1.54, 1.807) is 0 Å². The summed E-state index contributed by atoms with van der Waals surface area (Å²) in [5, 5.41) is 0. The Morgan fingerprint density at radius 1 is 1.25 bits per heavy atom. The van der Waals surface area contributed by atoms with Crippen LogP contribution in [-0.4, -0.2) is 0 Å². The van der Waals surface area contributed by atoms with Gasteiger partial charge < -0.3 is 0 Å². The molecule has 0 aromatic heterocycles. The molecule has 0 rings (SSSR count). The molecule has 0 aliphatic rings. The molecule has 0 amide bonds. The van der Waals surface area contributed by atoms with Crippen LogP contribution in [0.5, 0.6) is 0 Å². The van der Waals surface area contributed by atoms with Gasteiger partial charge in [0.05, 0.1) is 0 Å². The Kier molecular flexibility index (Phi) is 4.35. The molecule has 0 spiro atoms. The molecule has 0 aromatic carbocycles. The first-order valence-corrected chi connectivity index (χ1v) is 4.14. The minimum absolute atomic E-state index is 0.0181. The molecule has 0 aliphatic heterocycles. The summed E-state index contributed by atoms with van der Waals surface area (Å²) in [5.74, 6) is 0. The van der Waals surface area contributed by atoms with E-state index in [2.05, 4.69) is 32.7 Å². The van der Waals surface area contributed by atoms with Crippen LogP contribution in [0.4, 0.5) is 0 Å². The Morgan fingerprint density at radius 3 is 2.08 bits per heavy atom. The molecule has 0 bridgehead atoms. The number of allylic oxidation sites excluding steroid dienone is 5. The average Bonchev–Trinajstić information content (AvgIpc) is 2.13. The highest BCUT2D eigenvalue weighted by atomic mass is 14.2. The summed E-state index contributed by atoms with van der Waals surface area (Å²) in [6.45, 7) is 15.4. The molecule has 0 heteroatoms.